The summed E-state index contributed by atoms with van der Waals surface area (Å²) in [4.78, 5) is 27.8. The smallest absolute Gasteiger partial charge is 0.405 e. The van der Waals surface area contributed by atoms with Gasteiger partial charge in [0.25, 0.3) is 0 Å². The van der Waals surface area contributed by atoms with Gasteiger partial charge in [-0.1, -0.05) is 0 Å². The molecule has 2 aromatic heterocycles. The number of amides is 2. The molecule has 0 spiro atoms. The number of hydrogen-bond donors (Lipinski definition) is 3. The van der Waals surface area contributed by atoms with Gasteiger partial charge in [0.15, 0.2) is 5.65 Å². The highest BCUT2D eigenvalue weighted by Gasteiger charge is 2.45. The molecule has 1 saturated carbocycles. The van der Waals surface area contributed by atoms with E-state index < -0.39 is 60.9 Å². The lowest BCUT2D eigenvalue weighted by molar-refractivity contribution is -0.183. The van der Waals surface area contributed by atoms with Gasteiger partial charge in [-0.3, -0.25) is 4.79 Å². The molecule has 0 aromatic carbocycles. The molecule has 186 valence electrons. The van der Waals surface area contributed by atoms with Crippen molar-refractivity contribution in [2.75, 3.05) is 6.54 Å². The van der Waals surface area contributed by atoms with Crippen LogP contribution in [0.25, 0.3) is 5.65 Å². The Morgan fingerprint density at radius 2 is 2.12 bits per heavy atom. The number of halogens is 5. The van der Waals surface area contributed by atoms with Crippen LogP contribution in [0.15, 0.2) is 18.3 Å². The van der Waals surface area contributed by atoms with Crippen LogP contribution in [0, 0.1) is 17.8 Å². The summed E-state index contributed by atoms with van der Waals surface area (Å²) in [5.74, 6) is -6.55. The summed E-state index contributed by atoms with van der Waals surface area (Å²) in [5.41, 5.74) is 0.897. The van der Waals surface area contributed by atoms with Gasteiger partial charge in [0.2, 0.25) is 11.8 Å². The van der Waals surface area contributed by atoms with Crippen molar-refractivity contribution >= 4 is 17.6 Å². The number of carbonyl (C=O) groups is 2. The van der Waals surface area contributed by atoms with Crippen molar-refractivity contribution in [3.63, 3.8) is 0 Å². The van der Waals surface area contributed by atoms with E-state index in [1.165, 1.54) is 16.8 Å². The number of fused-ring (bicyclic) bond motifs is 1. The van der Waals surface area contributed by atoms with Gasteiger partial charge in [-0.15, -0.1) is 0 Å². The molecule has 1 unspecified atom stereocenters. The summed E-state index contributed by atoms with van der Waals surface area (Å²) in [6.07, 6.45) is -4.77. The second-order valence-corrected chi connectivity index (χ2v) is 9.05. The average molecular weight is 489 g/mol. The van der Waals surface area contributed by atoms with Crippen LogP contribution in [0.5, 0.6) is 0 Å². The minimum atomic E-state index is -4.41. The third-order valence-electron chi connectivity index (χ3n) is 6.52. The molecular formula is C21H24F5N5O3. The number of imidazole rings is 1. The van der Waals surface area contributed by atoms with E-state index in [1.54, 1.807) is 6.07 Å². The van der Waals surface area contributed by atoms with Crippen LogP contribution in [0.2, 0.25) is 0 Å². The first-order valence-electron chi connectivity index (χ1n) is 11.0. The van der Waals surface area contributed by atoms with Crippen molar-refractivity contribution < 1.29 is 36.6 Å². The van der Waals surface area contributed by atoms with Gasteiger partial charge in [-0.05, 0) is 37.3 Å². The number of rotatable bonds is 5. The normalized spacial score (nSPS) is 26.1. The molecule has 13 heteroatoms. The van der Waals surface area contributed by atoms with Gasteiger partial charge < -0.3 is 15.7 Å². The fraction of sp³-hybridized carbons (Fsp3) is 0.619. The summed E-state index contributed by atoms with van der Waals surface area (Å²) in [5, 5.41) is 18.1. The van der Waals surface area contributed by atoms with Crippen molar-refractivity contribution in [1.82, 2.24) is 25.2 Å². The maximum absolute atomic E-state index is 14.0. The van der Waals surface area contributed by atoms with Crippen LogP contribution in [0.3, 0.4) is 0 Å². The first-order valence-corrected chi connectivity index (χ1v) is 11.0. The molecule has 0 bridgehead atoms. The number of hydrogen-bond acceptors (Lipinski definition) is 4. The quantitative estimate of drug-likeness (QED) is 0.555. The Bertz CT molecular complexity index is 1070. The zero-order valence-electron chi connectivity index (χ0n) is 18.0. The lowest BCUT2D eigenvalue weighted by Gasteiger charge is -2.33. The van der Waals surface area contributed by atoms with Gasteiger partial charge in [0.1, 0.15) is 0 Å². The molecule has 3 heterocycles. The third kappa shape index (κ3) is 5.39. The van der Waals surface area contributed by atoms with E-state index in [0.717, 1.165) is 0 Å². The largest absolute Gasteiger partial charge is 0.465 e. The van der Waals surface area contributed by atoms with Gasteiger partial charge in [0, 0.05) is 31.7 Å². The zero-order valence-corrected chi connectivity index (χ0v) is 18.0. The Morgan fingerprint density at radius 1 is 1.35 bits per heavy atom. The van der Waals surface area contributed by atoms with Crippen molar-refractivity contribution in [2.24, 2.45) is 17.8 Å². The molecular weight excluding hydrogens is 465 g/mol. The van der Waals surface area contributed by atoms with Crippen molar-refractivity contribution in [2.45, 2.75) is 56.7 Å². The average Bonchev–Trinajstić information content (AvgIpc) is 3.15. The summed E-state index contributed by atoms with van der Waals surface area (Å²) >= 11 is 0. The minimum absolute atomic E-state index is 0.0203. The van der Waals surface area contributed by atoms with Crippen LogP contribution in [0.4, 0.5) is 26.7 Å². The molecule has 8 nitrogen and oxygen atoms in total. The van der Waals surface area contributed by atoms with Gasteiger partial charge in [-0.2, -0.15) is 18.3 Å². The molecule has 1 aliphatic heterocycles. The predicted molar refractivity (Wildman–Crippen MR) is 108 cm³/mol. The molecule has 1 saturated heterocycles. The number of nitrogens with zero attached hydrogens (tertiary/aromatic N) is 3. The number of piperidine rings is 1. The lowest BCUT2D eigenvalue weighted by atomic mass is 9.81. The molecule has 4 rings (SSSR count). The molecule has 2 fully saturated rings. The molecule has 2 aromatic rings. The maximum Gasteiger partial charge on any atom is 0.405 e. The van der Waals surface area contributed by atoms with Gasteiger partial charge in [0.05, 0.1) is 29.5 Å². The number of alkyl halides is 5. The SMILES string of the molecule is O=C(O)N[C@H](c1cn2nc(CC3C[C@H](C(F)(F)F)CNC3=O)ccc2n1)[C@H]1CCCC(F)(F)C1. The molecule has 34 heavy (non-hydrogen) atoms. The Hall–Kier alpha value is -2.99. The number of carbonyl (C=O) groups excluding carboxylic acids is 1. The first-order chi connectivity index (χ1) is 15.9. The van der Waals surface area contributed by atoms with Crippen LogP contribution < -0.4 is 10.6 Å². The van der Waals surface area contributed by atoms with Crippen LogP contribution in [0.1, 0.15) is 49.5 Å². The monoisotopic (exact) mass is 489 g/mol. The van der Waals surface area contributed by atoms with Gasteiger partial charge >= 0.3 is 12.3 Å². The summed E-state index contributed by atoms with van der Waals surface area (Å²) in [7, 11) is 0. The third-order valence-corrected chi connectivity index (χ3v) is 6.52. The highest BCUT2D eigenvalue weighted by molar-refractivity contribution is 5.79. The lowest BCUT2D eigenvalue weighted by Crippen LogP contribution is -2.47. The molecule has 1 aliphatic carbocycles. The Labute approximate surface area is 190 Å². The van der Waals surface area contributed by atoms with E-state index in [0.29, 0.717) is 17.8 Å². The second-order valence-electron chi connectivity index (χ2n) is 9.05. The second kappa shape index (κ2) is 8.99. The Kier molecular flexibility index (Phi) is 6.38. The maximum atomic E-state index is 14.0. The van der Waals surface area contributed by atoms with E-state index in [2.05, 4.69) is 20.7 Å². The van der Waals surface area contributed by atoms with E-state index in [-0.39, 0.29) is 31.4 Å². The topological polar surface area (TPSA) is 109 Å². The first kappa shape index (κ1) is 24.1. The molecule has 2 aliphatic rings. The van der Waals surface area contributed by atoms with Gasteiger partial charge in [-0.25, -0.2) is 23.1 Å². The standard InChI is InChI=1S/C21H24F5N5O3/c22-20(23)5-1-2-11(8-20)17(29-19(33)34)15-10-31-16(28-15)4-3-14(30-31)7-12-6-13(21(24,25)26)9-27-18(12)32/h3-4,10-13,17,29H,1-2,5-9H2,(H,27,32)(H,33,34)/t11-,12?,13-,17-/m0/s1. The molecule has 3 N–H and O–H groups in total. The minimum Gasteiger partial charge on any atom is -0.465 e. The predicted octanol–water partition coefficient (Wildman–Crippen LogP) is 3.72. The Balaban J connectivity index is 1.56. The van der Waals surface area contributed by atoms with Crippen molar-refractivity contribution in [3.05, 3.63) is 29.7 Å². The van der Waals surface area contributed by atoms with E-state index in [9.17, 15) is 36.6 Å². The number of carboxylic acid groups (broad SMARTS) is 1. The summed E-state index contributed by atoms with van der Waals surface area (Å²) < 4.78 is 68.5. The molecule has 0 radical (unpaired) electrons. The summed E-state index contributed by atoms with van der Waals surface area (Å²) in [6.45, 7) is -0.450. The molecule has 2 amide bonds. The van der Waals surface area contributed by atoms with Crippen LogP contribution >= 0.6 is 0 Å². The fourth-order valence-corrected chi connectivity index (χ4v) is 4.84. The number of nitrogens with one attached hydrogen (secondary N) is 2. The van der Waals surface area contributed by atoms with Crippen LogP contribution in [-0.4, -0.2) is 50.3 Å². The highest BCUT2D eigenvalue weighted by atomic mass is 19.4. The Morgan fingerprint density at radius 3 is 2.79 bits per heavy atom. The fourth-order valence-electron chi connectivity index (χ4n) is 4.84. The highest BCUT2D eigenvalue weighted by Crippen LogP contribution is 2.42. The van der Waals surface area contributed by atoms with E-state index in [4.69, 9.17) is 0 Å². The van der Waals surface area contributed by atoms with Crippen LogP contribution in [-0.2, 0) is 11.2 Å². The van der Waals surface area contributed by atoms with Crippen molar-refractivity contribution in [1.29, 1.82) is 0 Å². The number of aromatic nitrogens is 3. The van der Waals surface area contributed by atoms with Crippen molar-refractivity contribution in [3.8, 4) is 0 Å². The van der Waals surface area contributed by atoms with E-state index >= 15 is 0 Å². The van der Waals surface area contributed by atoms with E-state index in [1.807, 2.05) is 0 Å². The molecule has 4 atom stereocenters. The zero-order chi connectivity index (χ0) is 24.7. The summed E-state index contributed by atoms with van der Waals surface area (Å²) in [6, 6.07) is 2.11.